The van der Waals surface area contributed by atoms with Crippen molar-refractivity contribution in [1.29, 1.82) is 0 Å². The smallest absolute Gasteiger partial charge is 0.273 e. The van der Waals surface area contributed by atoms with Crippen LogP contribution in [-0.4, -0.2) is 22.1 Å². The van der Waals surface area contributed by atoms with Gasteiger partial charge in [0, 0.05) is 17.3 Å². The molecule has 1 heterocycles. The number of hydrogen-bond acceptors (Lipinski definition) is 6. The van der Waals surface area contributed by atoms with Crippen molar-refractivity contribution in [1.82, 2.24) is 9.69 Å². The van der Waals surface area contributed by atoms with E-state index < -0.39 is 23.8 Å². The van der Waals surface area contributed by atoms with E-state index in [1.807, 2.05) is 49.4 Å². The topological polar surface area (TPSA) is 131 Å². The molecule has 0 aliphatic rings. The van der Waals surface area contributed by atoms with Crippen LogP contribution in [0.4, 0.5) is 11.4 Å². The monoisotopic (exact) mass is 533 g/mol. The fourth-order valence-electron chi connectivity index (χ4n) is 3.77. The van der Waals surface area contributed by atoms with Gasteiger partial charge in [-0.05, 0) is 53.8 Å². The molecule has 3 amide bonds. The molecule has 1 atom stereocenters. The number of carbonyl (C=O) groups is 3. The Morgan fingerprint density at radius 3 is 2.24 bits per heavy atom. The molecule has 0 saturated carbocycles. The van der Waals surface area contributed by atoms with E-state index >= 15 is 0 Å². The molecule has 0 unspecified atom stereocenters. The van der Waals surface area contributed by atoms with Gasteiger partial charge in [-0.25, -0.2) is 0 Å². The Kier molecular flexibility index (Phi) is 7.86. The standard InChI is InChI=1S/C27H24ClN5O3S/c1-16-7-13-20(14-8-16)33(27(36)24-21(29)22(25(30)34)32-37-24)23(18-9-11-19(28)12-10-18)26(35)31-15-17-5-3-2-4-6-17/h2-14,23H,15,29H2,1H3,(H2,30,34)(H,31,35)/t23-/m1/s1. The number of hydrogen-bond donors (Lipinski definition) is 3. The number of nitrogen functional groups attached to an aromatic ring is 1. The molecule has 8 nitrogen and oxygen atoms in total. The number of nitrogens with one attached hydrogen (secondary N) is 1. The maximum absolute atomic E-state index is 14.0. The Morgan fingerprint density at radius 2 is 1.65 bits per heavy atom. The number of amides is 3. The van der Waals surface area contributed by atoms with Gasteiger partial charge in [-0.15, -0.1) is 0 Å². The van der Waals surface area contributed by atoms with E-state index in [9.17, 15) is 14.4 Å². The summed E-state index contributed by atoms with van der Waals surface area (Å²) >= 11 is 6.87. The Bertz CT molecular complexity index is 1420. The number of aromatic nitrogens is 1. The zero-order valence-electron chi connectivity index (χ0n) is 19.9. The minimum atomic E-state index is -1.09. The van der Waals surface area contributed by atoms with Gasteiger partial charge in [0.15, 0.2) is 5.69 Å². The first-order valence-corrected chi connectivity index (χ1v) is 12.4. The number of carbonyl (C=O) groups excluding carboxylic acids is 3. The Hall–Kier alpha value is -4.21. The molecule has 1 aromatic heterocycles. The summed E-state index contributed by atoms with van der Waals surface area (Å²) in [6, 6.07) is 22.2. The third-order valence-electron chi connectivity index (χ3n) is 5.69. The molecule has 0 aliphatic heterocycles. The number of primary amides is 1. The minimum Gasteiger partial charge on any atom is -0.395 e. The number of anilines is 2. The molecule has 0 saturated heterocycles. The number of halogens is 1. The van der Waals surface area contributed by atoms with Crippen LogP contribution in [0, 0.1) is 6.92 Å². The van der Waals surface area contributed by atoms with E-state index in [1.54, 1.807) is 36.4 Å². The fourth-order valence-corrected chi connectivity index (χ4v) is 4.64. The van der Waals surface area contributed by atoms with E-state index in [0.717, 1.165) is 22.7 Å². The third-order valence-corrected chi connectivity index (χ3v) is 6.79. The number of nitrogens with zero attached hydrogens (tertiary/aromatic N) is 2. The van der Waals surface area contributed by atoms with Gasteiger partial charge >= 0.3 is 0 Å². The first-order valence-electron chi connectivity index (χ1n) is 11.3. The minimum absolute atomic E-state index is 0.00389. The van der Waals surface area contributed by atoms with Crippen molar-refractivity contribution in [3.63, 3.8) is 0 Å². The zero-order valence-corrected chi connectivity index (χ0v) is 21.4. The lowest BCUT2D eigenvalue weighted by Crippen LogP contribution is -2.44. The van der Waals surface area contributed by atoms with Crippen molar-refractivity contribution in [3.8, 4) is 0 Å². The Balaban J connectivity index is 1.82. The molecule has 0 aliphatic carbocycles. The molecule has 10 heteroatoms. The molecule has 5 N–H and O–H groups in total. The lowest BCUT2D eigenvalue weighted by Gasteiger charge is -2.31. The molecule has 4 aromatic rings. The lowest BCUT2D eigenvalue weighted by atomic mass is 10.0. The predicted octanol–water partition coefficient (Wildman–Crippen LogP) is 4.49. The van der Waals surface area contributed by atoms with Crippen LogP contribution in [0.3, 0.4) is 0 Å². The lowest BCUT2D eigenvalue weighted by molar-refractivity contribution is -0.122. The van der Waals surface area contributed by atoms with Crippen LogP contribution in [-0.2, 0) is 11.3 Å². The Labute approximate surface area is 223 Å². The molecule has 4 rings (SSSR count). The van der Waals surface area contributed by atoms with Crippen LogP contribution in [0.15, 0.2) is 78.9 Å². The summed E-state index contributed by atoms with van der Waals surface area (Å²) in [5, 5.41) is 3.42. The van der Waals surface area contributed by atoms with Gasteiger partial charge in [-0.2, -0.15) is 4.37 Å². The van der Waals surface area contributed by atoms with E-state index in [-0.39, 0.29) is 22.8 Å². The second kappa shape index (κ2) is 11.2. The molecule has 3 aromatic carbocycles. The summed E-state index contributed by atoms with van der Waals surface area (Å²) in [7, 11) is 0. The SMILES string of the molecule is Cc1ccc(N(C(=O)c2snc(C(N)=O)c2N)[C@@H](C(=O)NCc2ccccc2)c2ccc(Cl)cc2)cc1. The van der Waals surface area contributed by atoms with Gasteiger partial charge in [0.25, 0.3) is 11.8 Å². The molecule has 0 radical (unpaired) electrons. The molecule has 37 heavy (non-hydrogen) atoms. The van der Waals surface area contributed by atoms with E-state index in [0.29, 0.717) is 16.3 Å². The average Bonchev–Trinajstić information content (AvgIpc) is 3.29. The fraction of sp³-hybridized carbons (Fsp3) is 0.111. The first-order chi connectivity index (χ1) is 17.8. The van der Waals surface area contributed by atoms with Crippen molar-refractivity contribution >= 4 is 52.2 Å². The number of rotatable bonds is 8. The van der Waals surface area contributed by atoms with Crippen LogP contribution in [0.1, 0.15) is 42.9 Å². The van der Waals surface area contributed by atoms with Crippen molar-refractivity contribution < 1.29 is 14.4 Å². The maximum atomic E-state index is 14.0. The van der Waals surface area contributed by atoms with E-state index in [1.165, 1.54) is 4.90 Å². The molecular weight excluding hydrogens is 510 g/mol. The highest BCUT2D eigenvalue weighted by molar-refractivity contribution is 7.09. The number of aryl methyl sites for hydroxylation is 1. The number of benzene rings is 3. The van der Waals surface area contributed by atoms with E-state index in [4.69, 9.17) is 23.1 Å². The molecule has 188 valence electrons. The molecule has 0 spiro atoms. The zero-order chi connectivity index (χ0) is 26.5. The predicted molar refractivity (Wildman–Crippen MR) is 146 cm³/mol. The van der Waals surface area contributed by atoms with Gasteiger partial charge in [0.2, 0.25) is 5.91 Å². The third kappa shape index (κ3) is 5.79. The maximum Gasteiger partial charge on any atom is 0.273 e. The second-order valence-electron chi connectivity index (χ2n) is 8.31. The highest BCUT2D eigenvalue weighted by Crippen LogP contribution is 2.33. The molecule has 0 fully saturated rings. The van der Waals surface area contributed by atoms with Crippen molar-refractivity contribution in [2.45, 2.75) is 19.5 Å². The molecular formula is C27H24ClN5O3S. The van der Waals surface area contributed by atoms with Gasteiger partial charge in [-0.1, -0.05) is 71.8 Å². The van der Waals surface area contributed by atoms with Gasteiger partial charge in [-0.3, -0.25) is 19.3 Å². The van der Waals surface area contributed by atoms with Crippen LogP contribution in [0.2, 0.25) is 5.02 Å². The van der Waals surface area contributed by atoms with Crippen LogP contribution < -0.4 is 21.7 Å². The summed E-state index contributed by atoms with van der Waals surface area (Å²) < 4.78 is 3.97. The quantitative estimate of drug-likeness (QED) is 0.307. The highest BCUT2D eigenvalue weighted by Gasteiger charge is 2.36. The summed E-state index contributed by atoms with van der Waals surface area (Å²) in [5.41, 5.74) is 14.0. The van der Waals surface area contributed by atoms with Crippen LogP contribution in [0.5, 0.6) is 0 Å². The normalized spacial score (nSPS) is 11.5. The van der Waals surface area contributed by atoms with Gasteiger partial charge in [0.05, 0.1) is 5.69 Å². The largest absolute Gasteiger partial charge is 0.395 e. The highest BCUT2D eigenvalue weighted by atomic mass is 35.5. The van der Waals surface area contributed by atoms with Crippen molar-refractivity contribution in [2.75, 3.05) is 10.6 Å². The van der Waals surface area contributed by atoms with Crippen molar-refractivity contribution in [2.24, 2.45) is 5.73 Å². The van der Waals surface area contributed by atoms with Crippen molar-refractivity contribution in [3.05, 3.63) is 111 Å². The van der Waals surface area contributed by atoms with Crippen LogP contribution >= 0.6 is 23.1 Å². The summed E-state index contributed by atoms with van der Waals surface area (Å²) in [6.45, 7) is 2.17. The summed E-state index contributed by atoms with van der Waals surface area (Å²) in [6.07, 6.45) is 0. The Morgan fingerprint density at radius 1 is 1.00 bits per heavy atom. The number of nitrogens with two attached hydrogens (primary N) is 2. The first kappa shape index (κ1) is 25.9. The molecule has 0 bridgehead atoms. The van der Waals surface area contributed by atoms with Gasteiger partial charge in [0.1, 0.15) is 10.9 Å². The summed E-state index contributed by atoms with van der Waals surface area (Å²) in [5.74, 6) is -1.86. The summed E-state index contributed by atoms with van der Waals surface area (Å²) in [4.78, 5) is 40.9. The second-order valence-corrected chi connectivity index (χ2v) is 9.52. The average molecular weight is 534 g/mol. The van der Waals surface area contributed by atoms with Gasteiger partial charge < -0.3 is 16.8 Å². The van der Waals surface area contributed by atoms with Crippen LogP contribution in [0.25, 0.3) is 0 Å². The van der Waals surface area contributed by atoms with E-state index in [2.05, 4.69) is 9.69 Å².